The molecule has 0 saturated carbocycles. The van der Waals surface area contributed by atoms with Crippen LogP contribution in [0, 0.1) is 5.82 Å². The van der Waals surface area contributed by atoms with Crippen LogP contribution in [0.2, 0.25) is 0 Å². The van der Waals surface area contributed by atoms with Gasteiger partial charge in [0.15, 0.2) is 0 Å². The molecule has 3 nitrogen and oxygen atoms in total. The molecule has 4 heteroatoms. The van der Waals surface area contributed by atoms with E-state index >= 15 is 0 Å². The van der Waals surface area contributed by atoms with Crippen molar-refractivity contribution >= 4 is 16.9 Å². The smallest absolute Gasteiger partial charge is 0.306 e. The predicted octanol–water partition coefficient (Wildman–Crippen LogP) is 3.95. The highest BCUT2D eigenvalue weighted by Gasteiger charge is 2.28. The van der Waals surface area contributed by atoms with Gasteiger partial charge in [0.2, 0.25) is 0 Å². The molecular weight excluding hydrogens is 269 g/mol. The van der Waals surface area contributed by atoms with Gasteiger partial charge in [-0.3, -0.25) is 4.79 Å². The Bertz CT molecular complexity index is 702. The Morgan fingerprint density at radius 2 is 2.19 bits per heavy atom. The quantitative estimate of drug-likeness (QED) is 0.801. The molecule has 1 unspecified atom stereocenters. The summed E-state index contributed by atoms with van der Waals surface area (Å²) in [5.41, 5.74) is 3.10. The second-order valence-electron chi connectivity index (χ2n) is 6.07. The molecule has 0 amide bonds. The lowest BCUT2D eigenvalue weighted by Gasteiger charge is -2.09. The third-order valence-corrected chi connectivity index (χ3v) is 4.43. The van der Waals surface area contributed by atoms with Crippen LogP contribution in [0.4, 0.5) is 4.39 Å². The van der Waals surface area contributed by atoms with Gasteiger partial charge >= 0.3 is 5.97 Å². The summed E-state index contributed by atoms with van der Waals surface area (Å²) in [4.78, 5) is 11.5. The van der Waals surface area contributed by atoms with Crippen LogP contribution >= 0.6 is 0 Å². The van der Waals surface area contributed by atoms with Crippen molar-refractivity contribution in [3.8, 4) is 0 Å². The number of halogens is 1. The summed E-state index contributed by atoms with van der Waals surface area (Å²) in [6.07, 6.45) is 1.31. The summed E-state index contributed by atoms with van der Waals surface area (Å²) >= 11 is 0. The van der Waals surface area contributed by atoms with Crippen LogP contribution in [0.5, 0.6) is 0 Å². The normalized spacial score (nSPS) is 17.5. The van der Waals surface area contributed by atoms with Crippen molar-refractivity contribution in [3.05, 3.63) is 35.3 Å². The Morgan fingerprint density at radius 1 is 1.43 bits per heavy atom. The molecule has 0 radical (unpaired) electrons. The maximum absolute atomic E-state index is 13.9. The summed E-state index contributed by atoms with van der Waals surface area (Å²) in [6, 6.07) is 5.36. The fraction of sp³-hybridized carbons (Fsp3) is 0.471. The number of ether oxygens (including phenoxy) is 1. The first-order valence-corrected chi connectivity index (χ1v) is 7.40. The molecule has 2 heterocycles. The van der Waals surface area contributed by atoms with Crippen LogP contribution in [-0.4, -0.2) is 17.6 Å². The van der Waals surface area contributed by atoms with Crippen LogP contribution in [-0.2, 0) is 16.1 Å². The standard InChI is InChI=1S/C17H20FNO2/c1-10(2)13-7-12(18)8-16-14(13)9-15-11(4-5-19(15)16)6-17(20)21-3/h7-11H,4-6H2,1-3H3. The molecule has 3 rings (SSSR count). The zero-order valence-electron chi connectivity index (χ0n) is 12.6. The van der Waals surface area contributed by atoms with Gasteiger partial charge in [0, 0.05) is 23.5 Å². The molecule has 0 N–H and O–H groups in total. The second kappa shape index (κ2) is 5.17. The molecule has 0 bridgehead atoms. The van der Waals surface area contributed by atoms with Crippen molar-refractivity contribution in [1.29, 1.82) is 0 Å². The van der Waals surface area contributed by atoms with Crippen molar-refractivity contribution in [2.45, 2.75) is 45.1 Å². The molecule has 0 aliphatic carbocycles. The number of hydrogen-bond donors (Lipinski definition) is 0. The topological polar surface area (TPSA) is 31.2 Å². The zero-order chi connectivity index (χ0) is 15.1. The number of rotatable bonds is 3. The van der Waals surface area contributed by atoms with Gasteiger partial charge in [0.25, 0.3) is 0 Å². The maximum Gasteiger partial charge on any atom is 0.306 e. The predicted molar refractivity (Wildman–Crippen MR) is 80.0 cm³/mol. The van der Waals surface area contributed by atoms with Gasteiger partial charge in [0.1, 0.15) is 5.82 Å². The van der Waals surface area contributed by atoms with Crippen molar-refractivity contribution in [2.75, 3.05) is 7.11 Å². The Hall–Kier alpha value is -1.84. The van der Waals surface area contributed by atoms with Gasteiger partial charge in [-0.05, 0) is 36.1 Å². The number of carbonyl (C=O) groups excluding carboxylic acids is 1. The zero-order valence-corrected chi connectivity index (χ0v) is 12.6. The minimum atomic E-state index is -0.191. The number of hydrogen-bond acceptors (Lipinski definition) is 2. The molecule has 1 atom stereocenters. The highest BCUT2D eigenvalue weighted by Crippen LogP contribution is 2.39. The summed E-state index contributed by atoms with van der Waals surface area (Å²) in [7, 11) is 1.42. The van der Waals surface area contributed by atoms with E-state index in [0.29, 0.717) is 6.42 Å². The van der Waals surface area contributed by atoms with E-state index in [9.17, 15) is 9.18 Å². The lowest BCUT2D eigenvalue weighted by molar-refractivity contribution is -0.141. The lowest BCUT2D eigenvalue weighted by Crippen LogP contribution is -2.06. The number of methoxy groups -OCH3 is 1. The first kappa shape index (κ1) is 14.1. The molecule has 0 fully saturated rings. The van der Waals surface area contributed by atoms with Crippen LogP contribution in [0.25, 0.3) is 10.9 Å². The molecule has 0 saturated heterocycles. The van der Waals surface area contributed by atoms with Gasteiger partial charge in [-0.25, -0.2) is 4.39 Å². The van der Waals surface area contributed by atoms with E-state index in [0.717, 1.165) is 35.1 Å². The van der Waals surface area contributed by atoms with Crippen molar-refractivity contribution in [2.24, 2.45) is 0 Å². The summed E-state index contributed by atoms with van der Waals surface area (Å²) in [5, 5.41) is 1.11. The molecule has 1 aliphatic rings. The summed E-state index contributed by atoms with van der Waals surface area (Å²) in [5.74, 6) is 0.0656. The van der Waals surface area contributed by atoms with E-state index in [-0.39, 0.29) is 23.6 Å². The second-order valence-corrected chi connectivity index (χ2v) is 6.07. The highest BCUT2D eigenvalue weighted by molar-refractivity contribution is 5.86. The number of esters is 1. The van der Waals surface area contributed by atoms with Crippen LogP contribution in [0.15, 0.2) is 18.2 Å². The molecule has 112 valence electrons. The van der Waals surface area contributed by atoms with Gasteiger partial charge in [-0.15, -0.1) is 0 Å². The van der Waals surface area contributed by atoms with Gasteiger partial charge in [-0.1, -0.05) is 13.8 Å². The van der Waals surface area contributed by atoms with E-state index in [4.69, 9.17) is 4.74 Å². The molecular formula is C17H20FNO2. The molecule has 2 aromatic rings. The van der Waals surface area contributed by atoms with Crippen molar-refractivity contribution < 1.29 is 13.9 Å². The number of aromatic nitrogens is 1. The Kier molecular flexibility index (Phi) is 3.47. The Balaban J connectivity index is 2.10. The van der Waals surface area contributed by atoms with E-state index < -0.39 is 0 Å². The Morgan fingerprint density at radius 3 is 2.86 bits per heavy atom. The summed E-state index contributed by atoms with van der Waals surface area (Å²) in [6.45, 7) is 4.98. The van der Waals surface area contributed by atoms with Crippen LogP contribution in [0.3, 0.4) is 0 Å². The average Bonchev–Trinajstić information content (AvgIpc) is 2.98. The van der Waals surface area contributed by atoms with Crippen molar-refractivity contribution in [3.63, 3.8) is 0 Å². The van der Waals surface area contributed by atoms with Gasteiger partial charge < -0.3 is 9.30 Å². The molecule has 1 aliphatic heterocycles. The highest BCUT2D eigenvalue weighted by atomic mass is 19.1. The number of fused-ring (bicyclic) bond motifs is 3. The number of carbonyl (C=O) groups is 1. The first-order chi connectivity index (χ1) is 10.0. The van der Waals surface area contributed by atoms with E-state index in [1.165, 1.54) is 7.11 Å². The third kappa shape index (κ3) is 2.33. The van der Waals surface area contributed by atoms with E-state index in [1.54, 1.807) is 12.1 Å². The number of benzene rings is 1. The van der Waals surface area contributed by atoms with Crippen LogP contribution < -0.4 is 0 Å². The van der Waals surface area contributed by atoms with Gasteiger partial charge in [-0.2, -0.15) is 0 Å². The Labute approximate surface area is 123 Å². The third-order valence-electron chi connectivity index (χ3n) is 4.43. The number of nitrogens with zero attached hydrogens (tertiary/aromatic N) is 1. The maximum atomic E-state index is 13.9. The largest absolute Gasteiger partial charge is 0.469 e. The fourth-order valence-corrected chi connectivity index (χ4v) is 3.36. The van der Waals surface area contributed by atoms with Crippen molar-refractivity contribution in [1.82, 2.24) is 4.57 Å². The van der Waals surface area contributed by atoms with Crippen LogP contribution in [0.1, 0.15) is 49.8 Å². The lowest BCUT2D eigenvalue weighted by atomic mass is 9.96. The molecule has 1 aromatic carbocycles. The molecule has 21 heavy (non-hydrogen) atoms. The minimum absolute atomic E-state index is 0.174. The molecule has 0 spiro atoms. The minimum Gasteiger partial charge on any atom is -0.469 e. The van der Waals surface area contributed by atoms with Gasteiger partial charge in [0.05, 0.1) is 19.0 Å². The first-order valence-electron chi connectivity index (χ1n) is 7.40. The molecule has 1 aromatic heterocycles. The SMILES string of the molecule is COC(=O)CC1CCn2c1cc1c(C(C)C)cc(F)cc12. The monoisotopic (exact) mass is 289 g/mol. The fourth-order valence-electron chi connectivity index (χ4n) is 3.36. The average molecular weight is 289 g/mol. The number of aryl methyl sites for hydroxylation is 1. The van der Waals surface area contributed by atoms with E-state index in [1.807, 2.05) is 0 Å². The van der Waals surface area contributed by atoms with E-state index in [2.05, 4.69) is 24.5 Å². The summed E-state index contributed by atoms with van der Waals surface area (Å²) < 4.78 is 20.8.